The summed E-state index contributed by atoms with van der Waals surface area (Å²) in [6.07, 6.45) is 35.9. The van der Waals surface area contributed by atoms with Gasteiger partial charge in [-0.2, -0.15) is 0 Å². The van der Waals surface area contributed by atoms with E-state index in [1.807, 2.05) is 146 Å². The summed E-state index contributed by atoms with van der Waals surface area (Å²) in [6.45, 7) is 0. The van der Waals surface area contributed by atoms with Gasteiger partial charge < -0.3 is 0 Å². The Labute approximate surface area is 389 Å². The first kappa shape index (κ1) is 43.4. The average molecular weight is 823 g/mol. The lowest BCUT2D eigenvalue weighted by Gasteiger charge is -2.13. The first-order valence-corrected chi connectivity index (χ1v) is 20.2. The summed E-state index contributed by atoms with van der Waals surface area (Å²) in [6, 6.07) is 44.4. The zero-order valence-electron chi connectivity index (χ0n) is 35.3. The lowest BCUT2D eigenvalue weighted by Crippen LogP contribution is -2.05. The second-order valence-corrected chi connectivity index (χ2v) is 13.9. The molecule has 0 radical (unpaired) electrons. The predicted octanol–water partition coefficient (Wildman–Crippen LogP) is 9.97. The third-order valence-electron chi connectivity index (χ3n) is 9.93. The maximum absolute atomic E-state index is 5.98. The van der Waals surface area contributed by atoms with Gasteiger partial charge in [-0.1, -0.05) is 179 Å². The average Bonchev–Trinajstić information content (AvgIpc) is 3.37. The molecule has 0 aromatic heterocycles. The van der Waals surface area contributed by atoms with Crippen LogP contribution in [0.1, 0.15) is 100 Å². The van der Waals surface area contributed by atoms with E-state index in [4.69, 9.17) is 38.5 Å². The minimum absolute atomic E-state index is 0.400. The molecule has 66 heavy (non-hydrogen) atoms. The molecular formula is C66H30. The zero-order valence-corrected chi connectivity index (χ0v) is 35.3. The van der Waals surface area contributed by atoms with E-state index < -0.39 is 0 Å². The van der Waals surface area contributed by atoms with Crippen LogP contribution in [0.15, 0.2) is 146 Å². The molecule has 0 unspecified atom stereocenters. The first-order chi connectivity index (χ1) is 32.5. The lowest BCUT2D eigenvalue weighted by atomic mass is 9.86. The van der Waals surface area contributed by atoms with Gasteiger partial charge in [-0.3, -0.25) is 0 Å². The molecule has 0 fully saturated rings. The van der Waals surface area contributed by atoms with Crippen molar-refractivity contribution in [2.75, 3.05) is 0 Å². The van der Waals surface area contributed by atoms with Crippen molar-refractivity contribution in [3.63, 3.8) is 0 Å². The van der Waals surface area contributed by atoms with E-state index in [1.165, 1.54) is 0 Å². The second kappa shape index (κ2) is 21.2. The third kappa shape index (κ3) is 9.89. The molecule has 0 heterocycles. The Balaban J connectivity index is 1.77. The van der Waals surface area contributed by atoms with Crippen LogP contribution < -0.4 is 0 Å². The number of hydrogen-bond acceptors (Lipinski definition) is 0. The van der Waals surface area contributed by atoms with Gasteiger partial charge in [-0.05, 0) is 72.8 Å². The van der Waals surface area contributed by atoms with E-state index >= 15 is 0 Å². The highest BCUT2D eigenvalue weighted by molar-refractivity contribution is 5.79. The fraction of sp³-hybridized carbons (Fsp3) is 0. The van der Waals surface area contributed by atoms with E-state index in [1.54, 1.807) is 0 Å². The van der Waals surface area contributed by atoms with E-state index in [-0.39, 0.29) is 0 Å². The molecule has 0 N–H and O–H groups in total. The highest BCUT2D eigenvalue weighted by Gasteiger charge is 2.21. The van der Waals surface area contributed by atoms with Crippen LogP contribution in [0.3, 0.4) is 0 Å². The molecule has 0 amide bonds. The molecule has 7 aromatic rings. The molecular weight excluding hydrogens is 793 g/mol. The van der Waals surface area contributed by atoms with Crippen LogP contribution >= 0.6 is 0 Å². The van der Waals surface area contributed by atoms with Crippen molar-refractivity contribution in [3.05, 3.63) is 246 Å². The molecule has 7 aromatic carbocycles. The summed E-state index contributed by atoms with van der Waals surface area (Å²) >= 11 is 0. The molecule has 0 aliphatic carbocycles. The van der Waals surface area contributed by atoms with E-state index in [9.17, 15) is 0 Å². The van der Waals surface area contributed by atoms with Crippen molar-refractivity contribution < 1.29 is 0 Å². The van der Waals surface area contributed by atoms with Crippen LogP contribution in [0.4, 0.5) is 0 Å². The first-order valence-electron chi connectivity index (χ1n) is 20.2. The number of hydrogen-bond donors (Lipinski definition) is 0. The van der Waals surface area contributed by atoms with Gasteiger partial charge in [0.05, 0.1) is 33.4 Å². The molecule has 0 atom stereocenters. The topological polar surface area (TPSA) is 0 Å². The van der Waals surface area contributed by atoms with Crippen molar-refractivity contribution in [2.45, 2.75) is 0 Å². The van der Waals surface area contributed by atoms with Crippen molar-refractivity contribution in [2.24, 2.45) is 0 Å². The summed E-state index contributed by atoms with van der Waals surface area (Å²) in [4.78, 5) is 0. The maximum Gasteiger partial charge on any atom is 0.0588 e. The fourth-order valence-corrected chi connectivity index (χ4v) is 6.59. The molecule has 0 spiro atoms. The molecule has 294 valence electrons. The third-order valence-corrected chi connectivity index (χ3v) is 9.93. The van der Waals surface area contributed by atoms with E-state index in [0.29, 0.717) is 100 Å². The second-order valence-electron chi connectivity index (χ2n) is 13.9. The number of terminal acetylenes is 6. The number of benzene rings is 7. The van der Waals surface area contributed by atoms with Gasteiger partial charge in [0, 0.05) is 66.8 Å². The molecule has 0 nitrogen and oxygen atoms in total. The van der Waals surface area contributed by atoms with Crippen LogP contribution in [0.25, 0.3) is 0 Å². The standard InChI is InChI=1S/C66H30/c1-7-49-25-13-19-31-55(49)37-43-61-62(44-38-56-32-20-14-26-50(56)8-2)64(46-40-58-34-22-16-28-52(58)10-4)66(48-42-60-36-24-18-30-54(60)12-6)65(47-41-59-35-23-17-29-53(59)11-5)63(61)45-39-57-33-21-15-27-51(57)9-3/h1-6,13-36H. The van der Waals surface area contributed by atoms with Crippen LogP contribution in [0.2, 0.25) is 0 Å². The summed E-state index contributed by atoms with van der Waals surface area (Å²) in [5.41, 5.74) is 9.63. The molecule has 0 heteroatoms. The van der Waals surface area contributed by atoms with Crippen molar-refractivity contribution in [3.8, 4) is 145 Å². The number of rotatable bonds is 0. The van der Waals surface area contributed by atoms with Gasteiger partial charge >= 0.3 is 0 Å². The Morgan fingerprint density at radius 1 is 0.167 bits per heavy atom. The van der Waals surface area contributed by atoms with Gasteiger partial charge in [-0.15, -0.1) is 38.5 Å². The Morgan fingerprint density at radius 3 is 0.409 bits per heavy atom. The zero-order chi connectivity index (χ0) is 46.1. The molecule has 7 rings (SSSR count). The molecule has 0 aliphatic heterocycles. The Hall–Kier alpha value is -10.7. The Kier molecular flexibility index (Phi) is 13.9. The molecule has 0 bridgehead atoms. The van der Waals surface area contributed by atoms with Crippen LogP contribution in [-0.4, -0.2) is 0 Å². The van der Waals surface area contributed by atoms with E-state index in [2.05, 4.69) is 107 Å². The van der Waals surface area contributed by atoms with Gasteiger partial charge in [-0.25, -0.2) is 0 Å². The highest BCUT2D eigenvalue weighted by atomic mass is 14.2. The monoisotopic (exact) mass is 822 g/mol. The maximum atomic E-state index is 5.98. The fourth-order valence-electron chi connectivity index (χ4n) is 6.59. The minimum atomic E-state index is 0.400. The lowest BCUT2D eigenvalue weighted by molar-refractivity contribution is 1.43. The smallest absolute Gasteiger partial charge is 0.0588 e. The summed E-state index contributed by atoms with van der Waals surface area (Å²) in [5, 5.41) is 0. The molecule has 0 saturated heterocycles. The SMILES string of the molecule is C#Cc1ccccc1C#Cc1c(C#Cc2ccccc2C#C)c(C#Cc2ccccc2C#C)c(C#Cc2ccccc2C#C)c(C#Cc2ccccc2C#C)c1C#Cc1ccccc1C#C. The summed E-state index contributed by atoms with van der Waals surface area (Å²) < 4.78 is 0. The summed E-state index contributed by atoms with van der Waals surface area (Å²) in [7, 11) is 0. The van der Waals surface area contributed by atoms with Gasteiger partial charge in [0.1, 0.15) is 0 Å². The van der Waals surface area contributed by atoms with Crippen LogP contribution in [0, 0.1) is 145 Å². The van der Waals surface area contributed by atoms with Crippen molar-refractivity contribution >= 4 is 0 Å². The minimum Gasteiger partial charge on any atom is -0.115 e. The van der Waals surface area contributed by atoms with Crippen LogP contribution in [0.5, 0.6) is 0 Å². The highest BCUT2D eigenvalue weighted by Crippen LogP contribution is 2.29. The molecule has 0 saturated carbocycles. The van der Waals surface area contributed by atoms with E-state index in [0.717, 1.165) is 0 Å². The van der Waals surface area contributed by atoms with Crippen molar-refractivity contribution in [1.82, 2.24) is 0 Å². The van der Waals surface area contributed by atoms with Gasteiger partial charge in [0.25, 0.3) is 0 Å². The Bertz CT molecular complexity index is 3130. The largest absolute Gasteiger partial charge is 0.115 e. The van der Waals surface area contributed by atoms with Gasteiger partial charge in [0.15, 0.2) is 0 Å². The summed E-state index contributed by atoms with van der Waals surface area (Å²) in [5.74, 6) is 57.1. The molecule has 0 aliphatic rings. The van der Waals surface area contributed by atoms with Gasteiger partial charge in [0.2, 0.25) is 0 Å². The Morgan fingerprint density at radius 2 is 0.288 bits per heavy atom. The van der Waals surface area contributed by atoms with Crippen LogP contribution in [-0.2, 0) is 0 Å². The normalized spacial score (nSPS) is 9.00. The van der Waals surface area contributed by atoms with Crippen molar-refractivity contribution in [1.29, 1.82) is 0 Å². The quantitative estimate of drug-likeness (QED) is 0.134. The predicted molar refractivity (Wildman–Crippen MR) is 269 cm³/mol.